The van der Waals surface area contributed by atoms with E-state index >= 15 is 0 Å². The van der Waals surface area contributed by atoms with Crippen LogP contribution < -0.4 is 10.6 Å². The summed E-state index contributed by atoms with van der Waals surface area (Å²) in [5.41, 5.74) is 0. The number of carbonyl (C=O) groups is 4. The number of amides is 2. The molecule has 4 N–H and O–H groups in total. The van der Waals surface area contributed by atoms with Crippen LogP contribution in [0.3, 0.4) is 0 Å². The number of aliphatic hydroxyl groups is 1. The van der Waals surface area contributed by atoms with Gasteiger partial charge in [0.25, 0.3) is 0 Å². The third kappa shape index (κ3) is 29.3. The average Bonchev–Trinajstić information content (AvgIpc) is 3.03. The molecule has 0 bridgehead atoms. The molecular formula is C37H70N2O7. The molecule has 0 spiro atoms. The van der Waals surface area contributed by atoms with Crippen LogP contribution in [0.4, 0.5) is 0 Å². The minimum absolute atomic E-state index is 0.0731. The quantitative estimate of drug-likeness (QED) is 0.0405. The van der Waals surface area contributed by atoms with Crippen LogP contribution in [0, 0.1) is 0 Å². The van der Waals surface area contributed by atoms with E-state index in [0.717, 1.165) is 57.8 Å². The average molecular weight is 655 g/mol. The number of esters is 1. The molecule has 0 saturated heterocycles. The van der Waals surface area contributed by atoms with Crippen molar-refractivity contribution in [3.63, 3.8) is 0 Å². The number of carboxylic acids is 1. The lowest BCUT2D eigenvalue weighted by atomic mass is 10.0. The lowest BCUT2D eigenvalue weighted by Gasteiger charge is -2.18. The fraction of sp³-hybridized carbons (Fsp3) is 0.892. The van der Waals surface area contributed by atoms with Crippen LogP contribution in [0.25, 0.3) is 0 Å². The Morgan fingerprint density at radius 1 is 0.565 bits per heavy atom. The van der Waals surface area contributed by atoms with Crippen molar-refractivity contribution in [1.29, 1.82) is 0 Å². The number of unbranched alkanes of at least 4 members (excludes halogenated alkanes) is 20. The molecule has 46 heavy (non-hydrogen) atoms. The summed E-state index contributed by atoms with van der Waals surface area (Å²) in [5.74, 6) is -2.38. The van der Waals surface area contributed by atoms with Gasteiger partial charge in [-0.25, -0.2) is 4.79 Å². The van der Waals surface area contributed by atoms with Crippen molar-refractivity contribution < 1.29 is 34.1 Å². The summed E-state index contributed by atoms with van der Waals surface area (Å²) < 4.78 is 5.85. The zero-order valence-corrected chi connectivity index (χ0v) is 29.6. The van der Waals surface area contributed by atoms with E-state index in [2.05, 4.69) is 24.5 Å². The second-order valence-electron chi connectivity index (χ2n) is 13.0. The molecule has 2 unspecified atom stereocenters. The normalized spacial score (nSPS) is 12.4. The summed E-state index contributed by atoms with van der Waals surface area (Å²) in [6, 6.07) is -1.39. The van der Waals surface area contributed by atoms with Crippen molar-refractivity contribution in [2.45, 2.75) is 199 Å². The van der Waals surface area contributed by atoms with Gasteiger partial charge in [0.1, 0.15) is 12.1 Å². The summed E-state index contributed by atoms with van der Waals surface area (Å²) in [7, 11) is 0. The van der Waals surface area contributed by atoms with Crippen molar-refractivity contribution >= 4 is 23.8 Å². The van der Waals surface area contributed by atoms with Gasteiger partial charge in [-0.3, -0.25) is 14.4 Å². The molecule has 0 rings (SSSR count). The first kappa shape index (κ1) is 43.8. The SMILES string of the molecule is CCCCCCCCCCCCCCCCCCCC(=O)OC(CCCCC)CCCCCC(=O)NCC(=O)NC(CO)C(=O)O. The van der Waals surface area contributed by atoms with Crippen LogP contribution in [0.1, 0.15) is 187 Å². The van der Waals surface area contributed by atoms with E-state index in [1.54, 1.807) is 0 Å². The largest absolute Gasteiger partial charge is 0.480 e. The Balaban J connectivity index is 3.90. The van der Waals surface area contributed by atoms with E-state index in [1.807, 2.05) is 0 Å². The Bertz CT molecular complexity index is 762. The molecule has 0 aliphatic carbocycles. The Kier molecular flexibility index (Phi) is 31.2. The van der Waals surface area contributed by atoms with Gasteiger partial charge in [-0.1, -0.05) is 136 Å². The first-order valence-electron chi connectivity index (χ1n) is 18.9. The maximum Gasteiger partial charge on any atom is 0.328 e. The molecule has 0 heterocycles. The maximum absolute atomic E-state index is 12.5. The smallest absolute Gasteiger partial charge is 0.328 e. The van der Waals surface area contributed by atoms with E-state index < -0.39 is 24.5 Å². The topological polar surface area (TPSA) is 142 Å². The van der Waals surface area contributed by atoms with E-state index in [-0.39, 0.29) is 30.9 Å². The molecule has 0 aliphatic rings. The Morgan fingerprint density at radius 3 is 1.46 bits per heavy atom. The molecule has 0 saturated carbocycles. The van der Waals surface area contributed by atoms with Gasteiger partial charge < -0.3 is 25.6 Å². The highest BCUT2D eigenvalue weighted by molar-refractivity contribution is 5.87. The maximum atomic E-state index is 12.5. The van der Waals surface area contributed by atoms with Crippen molar-refractivity contribution in [2.75, 3.05) is 13.2 Å². The van der Waals surface area contributed by atoms with Gasteiger partial charge in [0.15, 0.2) is 0 Å². The summed E-state index contributed by atoms with van der Waals surface area (Å²) >= 11 is 0. The van der Waals surface area contributed by atoms with Gasteiger partial charge in [0.2, 0.25) is 11.8 Å². The highest BCUT2D eigenvalue weighted by Gasteiger charge is 2.19. The molecule has 0 fully saturated rings. The molecule has 0 aliphatic heterocycles. The number of ether oxygens (including phenoxy) is 1. The lowest BCUT2D eigenvalue weighted by Crippen LogP contribution is -2.47. The van der Waals surface area contributed by atoms with Gasteiger partial charge in [-0.15, -0.1) is 0 Å². The second kappa shape index (κ2) is 32.8. The third-order valence-corrected chi connectivity index (χ3v) is 8.60. The fourth-order valence-corrected chi connectivity index (χ4v) is 5.66. The van der Waals surface area contributed by atoms with Crippen LogP contribution in [-0.2, 0) is 23.9 Å². The molecule has 9 heteroatoms. The number of aliphatic hydroxyl groups excluding tert-OH is 1. The predicted octanol–water partition coefficient (Wildman–Crippen LogP) is 8.15. The molecule has 0 aromatic carbocycles. The van der Waals surface area contributed by atoms with E-state index in [0.29, 0.717) is 12.8 Å². The van der Waals surface area contributed by atoms with E-state index in [4.69, 9.17) is 14.9 Å². The van der Waals surface area contributed by atoms with Crippen molar-refractivity contribution in [3.8, 4) is 0 Å². The van der Waals surface area contributed by atoms with Crippen molar-refractivity contribution in [3.05, 3.63) is 0 Å². The minimum atomic E-state index is -1.39. The van der Waals surface area contributed by atoms with Crippen molar-refractivity contribution in [1.82, 2.24) is 10.6 Å². The molecule has 2 atom stereocenters. The Labute approximate surface area is 280 Å². The van der Waals surface area contributed by atoms with Gasteiger partial charge in [-0.05, 0) is 38.5 Å². The third-order valence-electron chi connectivity index (χ3n) is 8.60. The standard InChI is InChI=1S/C37H70N2O7/c1-3-5-7-8-9-10-11-12-13-14-15-16-17-18-19-20-25-29-36(43)46-32(26-22-6-4-2)27-23-21-24-28-34(41)38-30-35(42)39-33(31-40)37(44)45/h32-33,40H,3-31H2,1-2H3,(H,38,41)(H,39,42)(H,44,45). The van der Waals surface area contributed by atoms with E-state index in [9.17, 15) is 19.2 Å². The number of carboxylic acid groups (broad SMARTS) is 1. The van der Waals surface area contributed by atoms with Gasteiger partial charge >= 0.3 is 11.9 Å². The molecule has 0 aromatic rings. The summed E-state index contributed by atoms with van der Waals surface area (Å²) in [6.07, 6.45) is 30.3. The second-order valence-corrected chi connectivity index (χ2v) is 13.0. The molecular weight excluding hydrogens is 584 g/mol. The Hall–Kier alpha value is -2.16. The van der Waals surface area contributed by atoms with Crippen LogP contribution in [-0.4, -0.2) is 59.3 Å². The van der Waals surface area contributed by atoms with Crippen molar-refractivity contribution in [2.24, 2.45) is 0 Å². The number of nitrogens with one attached hydrogen (secondary N) is 2. The molecule has 270 valence electrons. The zero-order chi connectivity index (χ0) is 34.1. The molecule has 0 radical (unpaired) electrons. The first-order valence-corrected chi connectivity index (χ1v) is 18.9. The number of aliphatic carboxylic acids is 1. The monoisotopic (exact) mass is 655 g/mol. The summed E-state index contributed by atoms with van der Waals surface area (Å²) in [5, 5.41) is 22.4. The minimum Gasteiger partial charge on any atom is -0.480 e. The summed E-state index contributed by atoms with van der Waals surface area (Å²) in [6.45, 7) is 3.37. The zero-order valence-electron chi connectivity index (χ0n) is 29.6. The number of hydrogen-bond acceptors (Lipinski definition) is 6. The highest BCUT2D eigenvalue weighted by Crippen LogP contribution is 2.18. The predicted molar refractivity (Wildman–Crippen MR) is 186 cm³/mol. The molecule has 9 nitrogen and oxygen atoms in total. The molecule has 2 amide bonds. The summed E-state index contributed by atoms with van der Waals surface area (Å²) in [4.78, 5) is 47.1. The number of rotatable bonds is 34. The highest BCUT2D eigenvalue weighted by atomic mass is 16.5. The number of hydrogen-bond donors (Lipinski definition) is 4. The van der Waals surface area contributed by atoms with Crippen LogP contribution in [0.5, 0.6) is 0 Å². The molecule has 0 aromatic heterocycles. The van der Waals surface area contributed by atoms with Gasteiger partial charge in [-0.2, -0.15) is 0 Å². The fourth-order valence-electron chi connectivity index (χ4n) is 5.66. The van der Waals surface area contributed by atoms with Crippen LogP contribution in [0.15, 0.2) is 0 Å². The van der Waals surface area contributed by atoms with Gasteiger partial charge in [0, 0.05) is 12.8 Å². The van der Waals surface area contributed by atoms with Crippen LogP contribution >= 0.6 is 0 Å². The number of carbonyl (C=O) groups excluding carboxylic acids is 3. The lowest BCUT2D eigenvalue weighted by molar-refractivity contribution is -0.150. The first-order chi connectivity index (χ1) is 22.3. The van der Waals surface area contributed by atoms with E-state index in [1.165, 1.54) is 96.3 Å². The van der Waals surface area contributed by atoms with Crippen LogP contribution in [0.2, 0.25) is 0 Å². The van der Waals surface area contributed by atoms with Gasteiger partial charge in [0.05, 0.1) is 13.2 Å². The Morgan fingerprint density at radius 2 is 0.978 bits per heavy atom.